The highest BCUT2D eigenvalue weighted by Gasteiger charge is 2.44. The Balaban J connectivity index is 1.70. The standard InChI is InChI=1S/C25H19F/c26-22-14-13-19-20-11-9-15-5-1-3-7-17(15)24(20)25-18-8-4-2-6-16(18)10-12-21(25)23(19)22/h1-12,22,24-25H,13-14H2. The molecule has 0 aliphatic heterocycles. The molecule has 0 radical (unpaired) electrons. The van der Waals surface area contributed by atoms with Gasteiger partial charge in [-0.15, -0.1) is 0 Å². The lowest BCUT2D eigenvalue weighted by atomic mass is 9.62. The van der Waals surface area contributed by atoms with E-state index in [4.69, 9.17) is 0 Å². The van der Waals surface area contributed by atoms with E-state index in [2.05, 4.69) is 72.8 Å². The van der Waals surface area contributed by atoms with Crippen molar-refractivity contribution < 1.29 is 4.39 Å². The van der Waals surface area contributed by atoms with Gasteiger partial charge >= 0.3 is 0 Å². The van der Waals surface area contributed by atoms with Crippen LogP contribution in [0.5, 0.6) is 0 Å². The van der Waals surface area contributed by atoms with Crippen LogP contribution in [0.1, 0.15) is 46.9 Å². The van der Waals surface area contributed by atoms with Gasteiger partial charge in [-0.05, 0) is 57.4 Å². The van der Waals surface area contributed by atoms with Crippen LogP contribution in [0, 0.1) is 0 Å². The Labute approximate surface area is 153 Å². The van der Waals surface area contributed by atoms with Crippen molar-refractivity contribution >= 4 is 12.2 Å². The van der Waals surface area contributed by atoms with Crippen LogP contribution >= 0.6 is 0 Å². The fourth-order valence-corrected chi connectivity index (χ4v) is 5.45. The molecule has 0 spiro atoms. The van der Waals surface area contributed by atoms with Crippen LogP contribution < -0.4 is 0 Å². The summed E-state index contributed by atoms with van der Waals surface area (Å²) < 4.78 is 14.9. The van der Waals surface area contributed by atoms with Crippen LogP contribution in [0.25, 0.3) is 12.2 Å². The van der Waals surface area contributed by atoms with Gasteiger partial charge in [-0.1, -0.05) is 72.8 Å². The topological polar surface area (TPSA) is 0 Å². The minimum Gasteiger partial charge on any atom is -0.242 e. The normalized spacial score (nSPS) is 27.7. The zero-order valence-electron chi connectivity index (χ0n) is 14.5. The minimum absolute atomic E-state index is 0.215. The van der Waals surface area contributed by atoms with Gasteiger partial charge in [0, 0.05) is 11.8 Å². The second-order valence-corrected chi connectivity index (χ2v) is 7.69. The van der Waals surface area contributed by atoms with Crippen molar-refractivity contribution in [3.05, 3.63) is 105 Å². The summed E-state index contributed by atoms with van der Waals surface area (Å²) in [5.74, 6) is 0.508. The molecule has 0 bridgehead atoms. The molecular formula is C25H19F. The SMILES string of the molecule is FC1CCC2=C3C=Cc4ccccc4C3C3C(=C21)C=Cc1ccccc13. The molecule has 2 aromatic carbocycles. The molecule has 0 aromatic heterocycles. The highest BCUT2D eigenvalue weighted by Crippen LogP contribution is 2.58. The minimum atomic E-state index is -0.823. The molecule has 6 rings (SSSR count). The molecule has 1 fully saturated rings. The third-order valence-corrected chi connectivity index (χ3v) is 6.50. The Morgan fingerprint density at radius 3 is 1.96 bits per heavy atom. The van der Waals surface area contributed by atoms with E-state index in [1.807, 2.05) is 0 Å². The van der Waals surface area contributed by atoms with Crippen molar-refractivity contribution in [2.75, 3.05) is 0 Å². The van der Waals surface area contributed by atoms with Gasteiger partial charge in [-0.2, -0.15) is 0 Å². The summed E-state index contributed by atoms with van der Waals surface area (Å²) >= 11 is 0. The van der Waals surface area contributed by atoms with E-state index in [1.54, 1.807) is 0 Å². The van der Waals surface area contributed by atoms with Crippen molar-refractivity contribution in [3.8, 4) is 0 Å². The monoisotopic (exact) mass is 338 g/mol. The number of hydrogen-bond donors (Lipinski definition) is 0. The number of allylic oxidation sites excluding steroid dienone is 6. The Bertz CT molecular complexity index is 1060. The van der Waals surface area contributed by atoms with Gasteiger partial charge in [0.25, 0.3) is 0 Å². The summed E-state index contributed by atoms with van der Waals surface area (Å²) in [6.07, 6.45) is 9.51. The number of alkyl halides is 1. The molecule has 2 aromatic rings. The van der Waals surface area contributed by atoms with E-state index in [-0.39, 0.29) is 5.92 Å². The summed E-state index contributed by atoms with van der Waals surface area (Å²) in [7, 11) is 0. The molecule has 4 aliphatic rings. The Hall–Kier alpha value is -2.67. The zero-order valence-corrected chi connectivity index (χ0v) is 14.5. The molecule has 1 heteroatoms. The first kappa shape index (κ1) is 14.5. The summed E-state index contributed by atoms with van der Waals surface area (Å²) in [5, 5.41) is 0. The first-order valence-electron chi connectivity index (χ1n) is 9.48. The van der Waals surface area contributed by atoms with Crippen LogP contribution in [-0.2, 0) is 0 Å². The van der Waals surface area contributed by atoms with Gasteiger partial charge < -0.3 is 0 Å². The van der Waals surface area contributed by atoms with Gasteiger partial charge in [0.15, 0.2) is 0 Å². The Morgan fingerprint density at radius 1 is 0.692 bits per heavy atom. The third kappa shape index (κ3) is 1.78. The average molecular weight is 338 g/mol. The van der Waals surface area contributed by atoms with Crippen molar-refractivity contribution in [1.82, 2.24) is 0 Å². The first-order chi connectivity index (χ1) is 12.8. The summed E-state index contributed by atoms with van der Waals surface area (Å²) in [4.78, 5) is 0. The Kier molecular flexibility index (Phi) is 2.88. The van der Waals surface area contributed by atoms with Crippen LogP contribution in [0.3, 0.4) is 0 Å². The summed E-state index contributed by atoms with van der Waals surface area (Å²) in [6.45, 7) is 0. The highest BCUT2D eigenvalue weighted by atomic mass is 19.1. The fourth-order valence-electron chi connectivity index (χ4n) is 5.45. The summed E-state index contributed by atoms with van der Waals surface area (Å²) in [5.41, 5.74) is 10.1. The van der Waals surface area contributed by atoms with E-state index < -0.39 is 6.17 Å². The molecule has 4 aliphatic carbocycles. The van der Waals surface area contributed by atoms with E-state index in [1.165, 1.54) is 39.0 Å². The molecule has 126 valence electrons. The second kappa shape index (κ2) is 5.17. The molecule has 3 unspecified atom stereocenters. The van der Waals surface area contributed by atoms with Gasteiger partial charge in [0.05, 0.1) is 0 Å². The number of halogens is 1. The molecule has 26 heavy (non-hydrogen) atoms. The number of rotatable bonds is 0. The quantitative estimate of drug-likeness (QED) is 0.525. The smallest absolute Gasteiger partial charge is 0.126 e. The Morgan fingerprint density at radius 2 is 1.27 bits per heavy atom. The maximum absolute atomic E-state index is 14.9. The maximum Gasteiger partial charge on any atom is 0.126 e. The van der Waals surface area contributed by atoms with Crippen LogP contribution in [0.2, 0.25) is 0 Å². The molecule has 0 saturated heterocycles. The number of hydrogen-bond acceptors (Lipinski definition) is 0. The lowest BCUT2D eigenvalue weighted by Crippen LogP contribution is -2.26. The lowest BCUT2D eigenvalue weighted by Gasteiger charge is -2.41. The highest BCUT2D eigenvalue weighted by molar-refractivity contribution is 5.76. The molecule has 0 amide bonds. The van der Waals surface area contributed by atoms with Crippen molar-refractivity contribution in [2.24, 2.45) is 0 Å². The van der Waals surface area contributed by atoms with E-state index in [0.29, 0.717) is 12.3 Å². The van der Waals surface area contributed by atoms with Crippen LogP contribution in [-0.4, -0.2) is 6.17 Å². The molecule has 3 atom stereocenters. The van der Waals surface area contributed by atoms with Crippen molar-refractivity contribution in [2.45, 2.75) is 30.8 Å². The molecule has 0 nitrogen and oxygen atoms in total. The average Bonchev–Trinajstić information content (AvgIpc) is 3.09. The second-order valence-electron chi connectivity index (χ2n) is 7.69. The summed E-state index contributed by atoms with van der Waals surface area (Å²) in [6, 6.07) is 17.3. The van der Waals surface area contributed by atoms with Gasteiger partial charge in [-0.25, -0.2) is 4.39 Å². The third-order valence-electron chi connectivity index (χ3n) is 6.50. The number of fused-ring (bicyclic) bond motifs is 8. The van der Waals surface area contributed by atoms with Gasteiger partial charge in [-0.3, -0.25) is 0 Å². The van der Waals surface area contributed by atoms with E-state index in [9.17, 15) is 4.39 Å². The predicted molar refractivity (Wildman–Crippen MR) is 105 cm³/mol. The van der Waals surface area contributed by atoms with Crippen LogP contribution in [0.15, 0.2) is 83.0 Å². The lowest BCUT2D eigenvalue weighted by molar-refractivity contribution is 0.386. The largest absolute Gasteiger partial charge is 0.242 e. The fraction of sp³-hybridized carbons (Fsp3) is 0.200. The van der Waals surface area contributed by atoms with E-state index in [0.717, 1.165) is 12.0 Å². The molecular weight excluding hydrogens is 319 g/mol. The maximum atomic E-state index is 14.9. The molecule has 1 saturated carbocycles. The van der Waals surface area contributed by atoms with Crippen molar-refractivity contribution in [3.63, 3.8) is 0 Å². The zero-order chi connectivity index (χ0) is 17.3. The van der Waals surface area contributed by atoms with E-state index >= 15 is 0 Å². The molecule has 0 heterocycles. The van der Waals surface area contributed by atoms with Crippen LogP contribution in [0.4, 0.5) is 4.39 Å². The van der Waals surface area contributed by atoms with Crippen molar-refractivity contribution in [1.29, 1.82) is 0 Å². The predicted octanol–water partition coefficient (Wildman–Crippen LogP) is 6.35. The molecule has 0 N–H and O–H groups in total. The first-order valence-corrected chi connectivity index (χ1v) is 9.48. The number of benzene rings is 2. The van der Waals surface area contributed by atoms with Gasteiger partial charge in [0.1, 0.15) is 6.17 Å². The van der Waals surface area contributed by atoms with Gasteiger partial charge in [0.2, 0.25) is 0 Å².